The Morgan fingerprint density at radius 2 is 1.77 bits per heavy atom. The molecular formula is C19H21N2O+. The van der Waals surface area contributed by atoms with E-state index in [1.165, 1.54) is 11.1 Å². The maximum atomic E-state index is 12.3. The number of nitrogens with two attached hydrogens (primary N) is 1. The standard InChI is InChI=1S/C19H20N2O/c1-13-8-9-16-10-17(19(22)21-18(16)14(13)2)12-20-11-15-6-4-3-5-7-15/h3-10,20H,11-12H2,1-2H3,(H,21,22)/p+1. The third kappa shape index (κ3) is 2.95. The summed E-state index contributed by atoms with van der Waals surface area (Å²) in [7, 11) is 0. The van der Waals surface area contributed by atoms with Crippen LogP contribution in [0.3, 0.4) is 0 Å². The molecule has 0 aliphatic heterocycles. The zero-order valence-corrected chi connectivity index (χ0v) is 13.0. The molecule has 3 rings (SSSR count). The number of H-pyrrole nitrogens is 1. The number of quaternary nitrogens is 1. The quantitative estimate of drug-likeness (QED) is 0.762. The highest BCUT2D eigenvalue weighted by Gasteiger charge is 2.07. The number of fused-ring (bicyclic) bond motifs is 1. The van der Waals surface area contributed by atoms with Crippen LogP contribution in [0.25, 0.3) is 10.9 Å². The lowest BCUT2D eigenvalue weighted by Crippen LogP contribution is -2.81. The molecule has 0 amide bonds. The maximum Gasteiger partial charge on any atom is 0.257 e. The van der Waals surface area contributed by atoms with Crippen LogP contribution in [-0.4, -0.2) is 4.98 Å². The van der Waals surface area contributed by atoms with Gasteiger partial charge in [0.1, 0.15) is 13.1 Å². The second-order valence-corrected chi connectivity index (χ2v) is 5.78. The van der Waals surface area contributed by atoms with Crippen LogP contribution in [0.2, 0.25) is 0 Å². The van der Waals surface area contributed by atoms with Gasteiger partial charge in [0.15, 0.2) is 0 Å². The smallest absolute Gasteiger partial charge is 0.257 e. The van der Waals surface area contributed by atoms with Gasteiger partial charge in [0.05, 0.1) is 11.1 Å². The lowest BCUT2D eigenvalue weighted by atomic mass is 10.0. The molecule has 0 saturated carbocycles. The van der Waals surface area contributed by atoms with E-state index in [1.54, 1.807) is 0 Å². The summed E-state index contributed by atoms with van der Waals surface area (Å²) < 4.78 is 0. The lowest BCUT2D eigenvalue weighted by molar-refractivity contribution is -0.686. The van der Waals surface area contributed by atoms with Crippen LogP contribution >= 0.6 is 0 Å². The van der Waals surface area contributed by atoms with Gasteiger partial charge in [-0.15, -0.1) is 0 Å². The van der Waals surface area contributed by atoms with Crippen molar-refractivity contribution in [1.29, 1.82) is 0 Å². The largest absolute Gasteiger partial charge is 0.339 e. The summed E-state index contributed by atoms with van der Waals surface area (Å²) in [5.41, 5.74) is 5.42. The van der Waals surface area contributed by atoms with E-state index in [0.717, 1.165) is 28.6 Å². The lowest BCUT2D eigenvalue weighted by Gasteiger charge is -2.07. The molecule has 0 saturated heterocycles. The van der Waals surface area contributed by atoms with Crippen LogP contribution in [0.15, 0.2) is 53.3 Å². The summed E-state index contributed by atoms with van der Waals surface area (Å²) in [5, 5.41) is 3.26. The molecule has 0 spiro atoms. The minimum atomic E-state index is 0.0190. The molecule has 22 heavy (non-hydrogen) atoms. The predicted molar refractivity (Wildman–Crippen MR) is 89.8 cm³/mol. The Balaban J connectivity index is 1.81. The van der Waals surface area contributed by atoms with Crippen molar-refractivity contribution < 1.29 is 5.32 Å². The first-order valence-corrected chi connectivity index (χ1v) is 7.63. The van der Waals surface area contributed by atoms with Crippen molar-refractivity contribution in [3.05, 3.63) is 81.1 Å². The van der Waals surface area contributed by atoms with Gasteiger partial charge in [-0.2, -0.15) is 0 Å². The van der Waals surface area contributed by atoms with Gasteiger partial charge in [-0.05, 0) is 36.4 Å². The van der Waals surface area contributed by atoms with Gasteiger partial charge in [-0.25, -0.2) is 0 Å². The molecule has 3 aromatic rings. The zero-order valence-electron chi connectivity index (χ0n) is 13.0. The molecule has 2 aromatic carbocycles. The van der Waals surface area contributed by atoms with E-state index in [2.05, 4.69) is 48.4 Å². The van der Waals surface area contributed by atoms with Crippen molar-refractivity contribution >= 4 is 10.9 Å². The average Bonchev–Trinajstić information content (AvgIpc) is 2.53. The van der Waals surface area contributed by atoms with Gasteiger partial charge in [-0.1, -0.05) is 42.5 Å². The fourth-order valence-electron chi connectivity index (χ4n) is 2.73. The van der Waals surface area contributed by atoms with Gasteiger partial charge < -0.3 is 10.3 Å². The molecule has 3 nitrogen and oxygen atoms in total. The number of hydrogen-bond acceptors (Lipinski definition) is 1. The number of rotatable bonds is 4. The van der Waals surface area contributed by atoms with E-state index < -0.39 is 0 Å². The minimum absolute atomic E-state index is 0.0190. The first kappa shape index (κ1) is 14.5. The Morgan fingerprint density at radius 1 is 1.00 bits per heavy atom. The molecule has 112 valence electrons. The highest BCUT2D eigenvalue weighted by molar-refractivity contribution is 5.83. The molecular weight excluding hydrogens is 272 g/mol. The van der Waals surface area contributed by atoms with Gasteiger partial charge >= 0.3 is 0 Å². The normalized spacial score (nSPS) is 11.0. The number of aryl methyl sites for hydroxylation is 2. The van der Waals surface area contributed by atoms with Crippen molar-refractivity contribution in [2.24, 2.45) is 0 Å². The van der Waals surface area contributed by atoms with E-state index in [0.29, 0.717) is 6.54 Å². The summed E-state index contributed by atoms with van der Waals surface area (Å²) >= 11 is 0. The van der Waals surface area contributed by atoms with Gasteiger partial charge in [0, 0.05) is 5.56 Å². The van der Waals surface area contributed by atoms with E-state index in [1.807, 2.05) is 24.3 Å². The Morgan fingerprint density at radius 3 is 2.55 bits per heavy atom. The summed E-state index contributed by atoms with van der Waals surface area (Å²) in [6.07, 6.45) is 0. The van der Waals surface area contributed by atoms with Crippen LogP contribution < -0.4 is 10.9 Å². The summed E-state index contributed by atoms with van der Waals surface area (Å²) in [6, 6.07) is 16.5. The number of pyridine rings is 1. The Hall–Kier alpha value is -2.39. The van der Waals surface area contributed by atoms with Gasteiger partial charge in [0.2, 0.25) is 0 Å². The summed E-state index contributed by atoms with van der Waals surface area (Å²) in [5.74, 6) is 0. The number of benzene rings is 2. The van der Waals surface area contributed by atoms with E-state index in [9.17, 15) is 4.79 Å². The molecule has 0 unspecified atom stereocenters. The van der Waals surface area contributed by atoms with Crippen molar-refractivity contribution in [3.63, 3.8) is 0 Å². The highest BCUT2D eigenvalue weighted by atomic mass is 16.1. The number of nitrogens with one attached hydrogen (secondary N) is 1. The van der Waals surface area contributed by atoms with Gasteiger partial charge in [0.25, 0.3) is 5.56 Å². The fourth-order valence-corrected chi connectivity index (χ4v) is 2.73. The number of aromatic amines is 1. The van der Waals surface area contributed by atoms with Crippen LogP contribution in [-0.2, 0) is 13.1 Å². The first-order chi connectivity index (χ1) is 10.6. The molecule has 3 N–H and O–H groups in total. The topological polar surface area (TPSA) is 49.5 Å². The zero-order chi connectivity index (χ0) is 15.5. The first-order valence-electron chi connectivity index (χ1n) is 7.63. The second-order valence-electron chi connectivity index (χ2n) is 5.78. The number of aromatic nitrogens is 1. The SMILES string of the molecule is Cc1ccc2cc(C[NH2+]Cc3ccccc3)c(=O)[nH]c2c1C. The summed E-state index contributed by atoms with van der Waals surface area (Å²) in [4.78, 5) is 15.3. The van der Waals surface area contributed by atoms with Crippen LogP contribution in [0, 0.1) is 13.8 Å². The second kappa shape index (κ2) is 6.16. The van der Waals surface area contributed by atoms with Crippen LogP contribution in [0.5, 0.6) is 0 Å². The summed E-state index contributed by atoms with van der Waals surface area (Å²) in [6.45, 7) is 5.68. The molecule has 0 aliphatic carbocycles. The predicted octanol–water partition coefficient (Wildman–Crippen LogP) is 2.41. The van der Waals surface area contributed by atoms with Crippen molar-refractivity contribution in [2.75, 3.05) is 0 Å². The average molecular weight is 293 g/mol. The van der Waals surface area contributed by atoms with Crippen LogP contribution in [0.1, 0.15) is 22.3 Å². The van der Waals surface area contributed by atoms with E-state index >= 15 is 0 Å². The van der Waals surface area contributed by atoms with Crippen molar-refractivity contribution in [2.45, 2.75) is 26.9 Å². The van der Waals surface area contributed by atoms with Crippen molar-refractivity contribution in [3.8, 4) is 0 Å². The maximum absolute atomic E-state index is 12.3. The Kier molecular flexibility index (Phi) is 4.07. The third-order valence-corrected chi connectivity index (χ3v) is 4.22. The molecule has 0 aliphatic rings. The molecule has 0 radical (unpaired) electrons. The Bertz CT molecular complexity index is 850. The molecule has 1 heterocycles. The molecule has 0 atom stereocenters. The van der Waals surface area contributed by atoms with E-state index in [-0.39, 0.29) is 5.56 Å². The van der Waals surface area contributed by atoms with Crippen LogP contribution in [0.4, 0.5) is 0 Å². The minimum Gasteiger partial charge on any atom is -0.339 e. The molecule has 0 fully saturated rings. The molecule has 3 heteroatoms. The monoisotopic (exact) mass is 293 g/mol. The Labute approximate surface area is 130 Å². The number of hydrogen-bond donors (Lipinski definition) is 2. The van der Waals surface area contributed by atoms with Gasteiger partial charge in [-0.3, -0.25) is 4.79 Å². The third-order valence-electron chi connectivity index (χ3n) is 4.22. The fraction of sp³-hybridized carbons (Fsp3) is 0.211. The highest BCUT2D eigenvalue weighted by Crippen LogP contribution is 2.18. The molecule has 0 bridgehead atoms. The molecule has 1 aromatic heterocycles. The van der Waals surface area contributed by atoms with Crippen molar-refractivity contribution in [1.82, 2.24) is 4.98 Å². The van der Waals surface area contributed by atoms with E-state index in [4.69, 9.17) is 0 Å².